The van der Waals surface area contributed by atoms with E-state index in [2.05, 4.69) is 17.6 Å². The molecule has 3 fully saturated rings. The SMILES string of the molecule is CCOc1ccc(NC(=O)[C@@H]2[C@H]3C(=O)N(CCCCCCO)C(C(=O)Nc4cc(C)ccc4C)C34CC[C@@]2(C)S4)cc1. The van der Waals surface area contributed by atoms with Crippen LogP contribution in [0, 0.1) is 25.7 Å². The molecule has 3 aliphatic heterocycles. The molecule has 8 nitrogen and oxygen atoms in total. The van der Waals surface area contributed by atoms with Gasteiger partial charge in [0.1, 0.15) is 11.8 Å². The molecule has 5 rings (SSSR count). The van der Waals surface area contributed by atoms with E-state index in [0.717, 1.165) is 54.7 Å². The Hall–Kier alpha value is -3.04. The number of nitrogens with one attached hydrogen (secondary N) is 2. The van der Waals surface area contributed by atoms with E-state index in [1.165, 1.54) is 0 Å². The number of aryl methyl sites for hydroxylation is 2. The van der Waals surface area contributed by atoms with Crippen molar-refractivity contribution in [1.82, 2.24) is 4.90 Å². The van der Waals surface area contributed by atoms with Crippen LogP contribution in [-0.4, -0.2) is 63.0 Å². The van der Waals surface area contributed by atoms with Crippen molar-refractivity contribution in [2.45, 2.75) is 81.8 Å². The molecule has 9 heteroatoms. The standard InChI is InChI=1S/C33H43N3O5S/c1-5-41-24-14-12-23(13-15-24)34-29(38)26-27-31(40)36(18-8-6-7-9-19-37)28(33(27)17-16-32(26,4)42-33)30(39)35-25-20-21(2)10-11-22(25)3/h10-15,20,26-28,37H,5-9,16-19H2,1-4H3,(H,34,38)(H,35,39)/t26-,27-,28?,32+,33?/m0/s1. The number of nitrogens with zero attached hydrogens (tertiary/aromatic N) is 1. The number of benzene rings is 2. The van der Waals surface area contributed by atoms with Crippen LogP contribution in [0.15, 0.2) is 42.5 Å². The molecule has 3 amide bonds. The van der Waals surface area contributed by atoms with Gasteiger partial charge in [0, 0.05) is 29.3 Å². The van der Waals surface area contributed by atoms with Gasteiger partial charge in [0.25, 0.3) is 0 Å². The average Bonchev–Trinajstić information content (AvgIpc) is 3.52. The zero-order chi connectivity index (χ0) is 30.1. The highest BCUT2D eigenvalue weighted by atomic mass is 32.2. The van der Waals surface area contributed by atoms with E-state index in [1.807, 2.05) is 63.2 Å². The summed E-state index contributed by atoms with van der Waals surface area (Å²) in [6.45, 7) is 9.13. The van der Waals surface area contributed by atoms with E-state index >= 15 is 0 Å². The summed E-state index contributed by atoms with van der Waals surface area (Å²) in [4.78, 5) is 44.2. The minimum Gasteiger partial charge on any atom is -0.494 e. The van der Waals surface area contributed by atoms with Gasteiger partial charge < -0.3 is 25.4 Å². The lowest BCUT2D eigenvalue weighted by molar-refractivity contribution is -0.139. The molecule has 2 aromatic rings. The summed E-state index contributed by atoms with van der Waals surface area (Å²) in [6, 6.07) is 12.6. The fourth-order valence-corrected chi connectivity index (χ4v) is 9.56. The molecule has 3 heterocycles. The molecule has 226 valence electrons. The number of likely N-dealkylation sites (tertiary alicyclic amines) is 1. The summed E-state index contributed by atoms with van der Waals surface area (Å²) < 4.78 is 4.42. The molecular formula is C33H43N3O5S. The molecule has 1 spiro atoms. The zero-order valence-corrected chi connectivity index (χ0v) is 25.9. The smallest absolute Gasteiger partial charge is 0.248 e. The highest BCUT2D eigenvalue weighted by Crippen LogP contribution is 2.71. The molecule has 2 bridgehead atoms. The van der Waals surface area contributed by atoms with Crippen LogP contribution in [0.1, 0.15) is 63.5 Å². The third-order valence-corrected chi connectivity index (χ3v) is 11.2. The third kappa shape index (κ3) is 5.53. The molecule has 3 aliphatic rings. The number of carbonyl (C=O) groups is 3. The van der Waals surface area contributed by atoms with Crippen LogP contribution in [-0.2, 0) is 14.4 Å². The Morgan fingerprint density at radius 2 is 1.76 bits per heavy atom. The number of fused-ring (bicyclic) bond motifs is 1. The fraction of sp³-hybridized carbons (Fsp3) is 0.545. The summed E-state index contributed by atoms with van der Waals surface area (Å²) in [5.41, 5.74) is 3.42. The highest BCUT2D eigenvalue weighted by Gasteiger charge is 2.77. The third-order valence-electron chi connectivity index (χ3n) is 9.20. The summed E-state index contributed by atoms with van der Waals surface area (Å²) in [5.74, 6) is -0.843. The van der Waals surface area contributed by atoms with E-state index in [9.17, 15) is 19.5 Å². The van der Waals surface area contributed by atoms with Crippen LogP contribution in [0.5, 0.6) is 5.75 Å². The molecule has 0 aliphatic carbocycles. The van der Waals surface area contributed by atoms with Crippen LogP contribution < -0.4 is 15.4 Å². The molecule has 0 radical (unpaired) electrons. The van der Waals surface area contributed by atoms with Gasteiger partial charge >= 0.3 is 0 Å². The monoisotopic (exact) mass is 593 g/mol. The van der Waals surface area contributed by atoms with Gasteiger partial charge in [0.05, 0.1) is 23.2 Å². The number of aliphatic hydroxyl groups is 1. The Bertz CT molecular complexity index is 1330. The van der Waals surface area contributed by atoms with Crippen LogP contribution >= 0.6 is 11.8 Å². The summed E-state index contributed by atoms with van der Waals surface area (Å²) in [7, 11) is 0. The predicted octanol–water partition coefficient (Wildman–Crippen LogP) is 5.31. The minimum atomic E-state index is -0.667. The highest BCUT2D eigenvalue weighted by molar-refractivity contribution is 8.02. The van der Waals surface area contributed by atoms with Gasteiger partial charge in [-0.2, -0.15) is 0 Å². The molecule has 42 heavy (non-hydrogen) atoms. The lowest BCUT2D eigenvalue weighted by atomic mass is 9.66. The van der Waals surface area contributed by atoms with Crippen molar-refractivity contribution >= 4 is 40.9 Å². The first kappa shape index (κ1) is 30.4. The molecule has 3 N–H and O–H groups in total. The Labute approximate surface area is 253 Å². The van der Waals surface area contributed by atoms with Crippen molar-refractivity contribution in [3.8, 4) is 5.75 Å². The maximum Gasteiger partial charge on any atom is 0.248 e. The number of hydrogen-bond acceptors (Lipinski definition) is 6. The molecule has 2 unspecified atom stereocenters. The largest absolute Gasteiger partial charge is 0.494 e. The van der Waals surface area contributed by atoms with Crippen molar-refractivity contribution in [3.05, 3.63) is 53.6 Å². The quantitative estimate of drug-likeness (QED) is 0.288. The van der Waals surface area contributed by atoms with Crippen molar-refractivity contribution in [3.63, 3.8) is 0 Å². The maximum absolute atomic E-state index is 14.3. The first-order chi connectivity index (χ1) is 20.1. The second-order valence-corrected chi connectivity index (χ2v) is 14.0. The number of ether oxygens (including phenoxy) is 1. The first-order valence-electron chi connectivity index (χ1n) is 15.2. The van der Waals surface area contributed by atoms with Crippen LogP contribution in [0.25, 0.3) is 0 Å². The van der Waals surface area contributed by atoms with Crippen molar-refractivity contribution in [1.29, 1.82) is 0 Å². The van der Waals surface area contributed by atoms with Crippen LogP contribution in [0.4, 0.5) is 11.4 Å². The van der Waals surface area contributed by atoms with Gasteiger partial charge in [0.15, 0.2) is 0 Å². The number of aliphatic hydroxyl groups excluding tert-OH is 1. The Balaban J connectivity index is 1.44. The van der Waals surface area contributed by atoms with Gasteiger partial charge in [-0.25, -0.2) is 0 Å². The average molecular weight is 594 g/mol. The molecule has 5 atom stereocenters. The van der Waals surface area contributed by atoms with Gasteiger partial charge in [-0.3, -0.25) is 14.4 Å². The van der Waals surface area contributed by atoms with Crippen molar-refractivity contribution in [2.24, 2.45) is 11.8 Å². The summed E-state index contributed by atoms with van der Waals surface area (Å²) in [5, 5.41) is 15.4. The van der Waals surface area contributed by atoms with Crippen LogP contribution in [0.2, 0.25) is 0 Å². The van der Waals surface area contributed by atoms with E-state index in [0.29, 0.717) is 25.3 Å². The predicted molar refractivity (Wildman–Crippen MR) is 167 cm³/mol. The number of anilines is 2. The number of hydrogen-bond donors (Lipinski definition) is 3. The van der Waals surface area contributed by atoms with E-state index in [4.69, 9.17) is 4.74 Å². The van der Waals surface area contributed by atoms with Crippen molar-refractivity contribution in [2.75, 3.05) is 30.4 Å². The van der Waals surface area contributed by atoms with Gasteiger partial charge in [-0.1, -0.05) is 25.0 Å². The lowest BCUT2D eigenvalue weighted by Gasteiger charge is -2.35. The molecule has 0 aromatic heterocycles. The van der Waals surface area contributed by atoms with Gasteiger partial charge in [-0.15, -0.1) is 11.8 Å². The lowest BCUT2D eigenvalue weighted by Crippen LogP contribution is -2.52. The molecular weight excluding hydrogens is 550 g/mol. The van der Waals surface area contributed by atoms with Crippen LogP contribution in [0.3, 0.4) is 0 Å². The number of thioether (sulfide) groups is 1. The minimum absolute atomic E-state index is 0.0963. The summed E-state index contributed by atoms with van der Waals surface area (Å²) in [6.07, 6.45) is 4.67. The molecule has 2 aromatic carbocycles. The summed E-state index contributed by atoms with van der Waals surface area (Å²) >= 11 is 1.68. The van der Waals surface area contributed by atoms with E-state index in [-0.39, 0.29) is 24.3 Å². The maximum atomic E-state index is 14.3. The number of carbonyl (C=O) groups excluding carboxylic acids is 3. The second kappa shape index (κ2) is 12.3. The first-order valence-corrected chi connectivity index (χ1v) is 16.0. The number of unbranched alkanes of at least 4 members (excludes halogenated alkanes) is 3. The zero-order valence-electron chi connectivity index (χ0n) is 25.1. The normalized spacial score (nSPS) is 27.7. The van der Waals surface area contributed by atoms with E-state index < -0.39 is 27.4 Å². The Kier molecular flexibility index (Phi) is 8.90. The number of rotatable bonds is 12. The van der Waals surface area contributed by atoms with Gasteiger partial charge in [0.2, 0.25) is 17.7 Å². The van der Waals surface area contributed by atoms with Crippen molar-refractivity contribution < 1.29 is 24.2 Å². The van der Waals surface area contributed by atoms with Gasteiger partial charge in [-0.05, 0) is 94.8 Å². The number of amides is 3. The van der Waals surface area contributed by atoms with E-state index in [1.54, 1.807) is 16.7 Å². The second-order valence-electron chi connectivity index (χ2n) is 12.2. The molecule has 3 saturated heterocycles. The Morgan fingerprint density at radius 3 is 2.48 bits per heavy atom. The Morgan fingerprint density at radius 1 is 1.02 bits per heavy atom. The topological polar surface area (TPSA) is 108 Å². The molecule has 0 saturated carbocycles. The fourth-order valence-electron chi connectivity index (χ4n) is 7.21.